The normalized spacial score (nSPS) is 19.3. The summed E-state index contributed by atoms with van der Waals surface area (Å²) in [5.41, 5.74) is 2.22. The molecule has 2 aromatic carbocycles. The predicted molar refractivity (Wildman–Crippen MR) is 90.8 cm³/mol. The zero-order valence-electron chi connectivity index (χ0n) is 13.0. The molecule has 1 saturated heterocycles. The Labute approximate surface area is 136 Å². The number of rotatable bonds is 4. The highest BCUT2D eigenvalue weighted by atomic mass is 16.5. The number of hydrogen-bond acceptors (Lipinski definition) is 4. The number of ether oxygens (including phenoxy) is 2. The first-order valence-corrected chi connectivity index (χ1v) is 8.16. The molecule has 2 aliphatic heterocycles. The average molecular weight is 308 g/mol. The first-order valence-electron chi connectivity index (χ1n) is 8.16. The molecule has 4 heteroatoms. The van der Waals surface area contributed by atoms with Crippen molar-refractivity contribution in [1.82, 2.24) is 5.32 Å². The molecule has 0 spiro atoms. The average Bonchev–Trinajstić information content (AvgIpc) is 3.23. The number of nitrogens with zero attached hydrogens (tertiary/aromatic N) is 1. The van der Waals surface area contributed by atoms with Gasteiger partial charge in [-0.1, -0.05) is 18.2 Å². The smallest absolute Gasteiger partial charge is 0.199 e. The van der Waals surface area contributed by atoms with Crippen molar-refractivity contribution in [3.05, 3.63) is 54.1 Å². The van der Waals surface area contributed by atoms with Crippen LogP contribution in [-0.4, -0.2) is 25.1 Å². The maximum absolute atomic E-state index is 5.87. The fourth-order valence-corrected chi connectivity index (χ4v) is 3.00. The fraction of sp³-hybridized carbons (Fsp3) is 0.316. The van der Waals surface area contributed by atoms with E-state index in [-0.39, 0.29) is 0 Å². The summed E-state index contributed by atoms with van der Waals surface area (Å²) < 4.78 is 11.7. The first kappa shape index (κ1) is 14.3. The highest BCUT2D eigenvalue weighted by Gasteiger charge is 2.16. The summed E-state index contributed by atoms with van der Waals surface area (Å²) in [5.74, 6) is 2.42. The Morgan fingerprint density at radius 2 is 1.87 bits per heavy atom. The lowest BCUT2D eigenvalue weighted by Crippen LogP contribution is -2.28. The molecule has 4 nitrogen and oxygen atoms in total. The van der Waals surface area contributed by atoms with Gasteiger partial charge in [-0.15, -0.1) is 0 Å². The molecule has 4 rings (SSSR count). The minimum atomic E-state index is 0.484. The molecular weight excluding hydrogens is 288 g/mol. The summed E-state index contributed by atoms with van der Waals surface area (Å²) in [7, 11) is 0. The van der Waals surface area contributed by atoms with Crippen molar-refractivity contribution in [2.24, 2.45) is 4.99 Å². The van der Waals surface area contributed by atoms with Gasteiger partial charge in [-0.25, -0.2) is 4.99 Å². The summed E-state index contributed by atoms with van der Waals surface area (Å²) in [6, 6.07) is 16.4. The van der Waals surface area contributed by atoms with E-state index < -0.39 is 0 Å². The van der Waals surface area contributed by atoms with E-state index in [4.69, 9.17) is 9.47 Å². The number of benzene rings is 2. The Morgan fingerprint density at radius 1 is 1.04 bits per heavy atom. The lowest BCUT2D eigenvalue weighted by atomic mass is 10.1. The molecule has 1 fully saturated rings. The molecule has 0 amide bonds. The molecule has 2 aliphatic rings. The van der Waals surface area contributed by atoms with E-state index >= 15 is 0 Å². The summed E-state index contributed by atoms with van der Waals surface area (Å²) >= 11 is 0. The second-order valence-corrected chi connectivity index (χ2v) is 5.99. The molecular formula is C19H20N2O2. The van der Waals surface area contributed by atoms with E-state index in [2.05, 4.69) is 16.4 Å². The summed E-state index contributed by atoms with van der Waals surface area (Å²) in [6.45, 7) is 1.83. The van der Waals surface area contributed by atoms with E-state index in [0.29, 0.717) is 6.04 Å². The highest BCUT2D eigenvalue weighted by molar-refractivity contribution is 5.89. The van der Waals surface area contributed by atoms with Crippen LogP contribution in [0.1, 0.15) is 18.4 Å². The molecule has 1 atom stereocenters. The third-order valence-electron chi connectivity index (χ3n) is 4.25. The van der Waals surface area contributed by atoms with Crippen molar-refractivity contribution >= 4 is 11.6 Å². The maximum Gasteiger partial charge on any atom is 0.199 e. The van der Waals surface area contributed by atoms with Crippen molar-refractivity contribution < 1.29 is 9.47 Å². The summed E-state index contributed by atoms with van der Waals surface area (Å²) in [4.78, 5) is 4.51. The van der Waals surface area contributed by atoms with E-state index in [1.807, 2.05) is 42.5 Å². The molecule has 2 aromatic rings. The monoisotopic (exact) mass is 308 g/mol. The van der Waals surface area contributed by atoms with Gasteiger partial charge in [0.2, 0.25) is 0 Å². The van der Waals surface area contributed by atoms with Gasteiger partial charge < -0.3 is 14.8 Å². The van der Waals surface area contributed by atoms with Gasteiger partial charge in [-0.2, -0.15) is 0 Å². The SMILES string of the molecule is c1ccc2c(c1)CC(Oc1ccc(OCC3CCCN3)cc1)=N2. The van der Waals surface area contributed by atoms with Gasteiger partial charge in [-0.05, 0) is 55.3 Å². The van der Waals surface area contributed by atoms with Crippen LogP contribution in [0.4, 0.5) is 5.69 Å². The van der Waals surface area contributed by atoms with Gasteiger partial charge in [0.25, 0.3) is 0 Å². The quantitative estimate of drug-likeness (QED) is 0.940. The topological polar surface area (TPSA) is 42.9 Å². The molecule has 0 aromatic heterocycles. The van der Waals surface area contributed by atoms with Crippen LogP contribution < -0.4 is 14.8 Å². The maximum atomic E-state index is 5.87. The standard InChI is InChI=1S/C19H20N2O2/c1-2-6-18-14(4-1)12-19(21-18)23-17-9-7-16(8-10-17)22-13-15-5-3-11-20-15/h1-2,4,6-10,15,20H,3,5,11-13H2. The van der Waals surface area contributed by atoms with Crippen LogP contribution in [-0.2, 0) is 6.42 Å². The van der Waals surface area contributed by atoms with Crippen LogP contribution >= 0.6 is 0 Å². The lowest BCUT2D eigenvalue weighted by molar-refractivity contribution is 0.277. The van der Waals surface area contributed by atoms with E-state index in [0.717, 1.165) is 42.7 Å². The molecule has 2 heterocycles. The van der Waals surface area contributed by atoms with E-state index in [1.165, 1.54) is 18.4 Å². The minimum absolute atomic E-state index is 0.484. The van der Waals surface area contributed by atoms with Crippen LogP contribution in [0.25, 0.3) is 0 Å². The number of nitrogens with one attached hydrogen (secondary N) is 1. The van der Waals surface area contributed by atoms with Crippen molar-refractivity contribution in [1.29, 1.82) is 0 Å². The van der Waals surface area contributed by atoms with Gasteiger partial charge in [0, 0.05) is 6.04 Å². The molecule has 0 radical (unpaired) electrons. The van der Waals surface area contributed by atoms with Crippen molar-refractivity contribution in [2.45, 2.75) is 25.3 Å². The Bertz CT molecular complexity index is 704. The van der Waals surface area contributed by atoms with Crippen LogP contribution in [0, 0.1) is 0 Å². The number of hydrogen-bond donors (Lipinski definition) is 1. The van der Waals surface area contributed by atoms with Gasteiger partial charge in [0.15, 0.2) is 5.90 Å². The van der Waals surface area contributed by atoms with Crippen molar-refractivity contribution in [2.75, 3.05) is 13.2 Å². The molecule has 0 saturated carbocycles. The molecule has 0 aliphatic carbocycles. The molecule has 23 heavy (non-hydrogen) atoms. The Hall–Kier alpha value is -2.33. The Morgan fingerprint density at radius 3 is 2.65 bits per heavy atom. The van der Waals surface area contributed by atoms with Gasteiger partial charge >= 0.3 is 0 Å². The van der Waals surface area contributed by atoms with Gasteiger partial charge in [-0.3, -0.25) is 0 Å². The van der Waals surface area contributed by atoms with Crippen LogP contribution in [0.2, 0.25) is 0 Å². The number of fused-ring (bicyclic) bond motifs is 1. The fourth-order valence-electron chi connectivity index (χ4n) is 3.00. The largest absolute Gasteiger partial charge is 0.492 e. The van der Waals surface area contributed by atoms with Crippen LogP contribution in [0.5, 0.6) is 11.5 Å². The number of aliphatic imine (C=N–C) groups is 1. The third-order valence-corrected chi connectivity index (χ3v) is 4.25. The van der Waals surface area contributed by atoms with Gasteiger partial charge in [0.1, 0.15) is 18.1 Å². The summed E-state index contributed by atoms with van der Waals surface area (Å²) in [6.07, 6.45) is 3.19. The Balaban J connectivity index is 1.34. The zero-order chi connectivity index (χ0) is 15.5. The molecule has 118 valence electrons. The van der Waals surface area contributed by atoms with E-state index in [1.54, 1.807) is 0 Å². The van der Waals surface area contributed by atoms with Crippen LogP contribution in [0.3, 0.4) is 0 Å². The minimum Gasteiger partial charge on any atom is -0.492 e. The molecule has 1 N–H and O–H groups in total. The predicted octanol–water partition coefficient (Wildman–Crippen LogP) is 3.48. The van der Waals surface area contributed by atoms with E-state index in [9.17, 15) is 0 Å². The Kier molecular flexibility index (Phi) is 3.99. The zero-order valence-corrected chi connectivity index (χ0v) is 13.0. The van der Waals surface area contributed by atoms with Crippen molar-refractivity contribution in [3.8, 4) is 11.5 Å². The first-order chi connectivity index (χ1) is 11.4. The lowest BCUT2D eigenvalue weighted by Gasteiger charge is -2.12. The van der Waals surface area contributed by atoms with Gasteiger partial charge in [0.05, 0.1) is 12.1 Å². The molecule has 0 bridgehead atoms. The molecule has 1 unspecified atom stereocenters. The number of para-hydroxylation sites is 1. The van der Waals surface area contributed by atoms with Crippen LogP contribution in [0.15, 0.2) is 53.5 Å². The second-order valence-electron chi connectivity index (χ2n) is 5.99. The second kappa shape index (κ2) is 6.42. The third kappa shape index (κ3) is 3.37. The van der Waals surface area contributed by atoms with Crippen molar-refractivity contribution in [3.63, 3.8) is 0 Å². The summed E-state index contributed by atoms with van der Waals surface area (Å²) in [5, 5.41) is 3.43. The highest BCUT2D eigenvalue weighted by Crippen LogP contribution is 2.27.